The monoisotopic (exact) mass is 271 g/mol. The van der Waals surface area contributed by atoms with E-state index in [4.69, 9.17) is 9.47 Å². The molecule has 1 unspecified atom stereocenters. The molecular formula is C13H21NO3S. The maximum atomic E-state index is 11.4. The molecule has 0 saturated heterocycles. The van der Waals surface area contributed by atoms with Crippen LogP contribution in [0.3, 0.4) is 0 Å². The molecule has 1 rings (SSSR count). The largest absolute Gasteiger partial charge is 0.466 e. The summed E-state index contributed by atoms with van der Waals surface area (Å²) in [6.45, 7) is 8.93. The highest BCUT2D eigenvalue weighted by atomic mass is 32.1. The molecule has 0 saturated carbocycles. The van der Waals surface area contributed by atoms with Crippen LogP contribution in [0.1, 0.15) is 44.8 Å². The molecule has 0 aromatic carbocycles. The lowest BCUT2D eigenvalue weighted by Crippen LogP contribution is -2.25. The summed E-state index contributed by atoms with van der Waals surface area (Å²) < 4.78 is 10.7. The quantitative estimate of drug-likeness (QED) is 0.715. The van der Waals surface area contributed by atoms with Crippen LogP contribution in [0.25, 0.3) is 0 Å². The molecule has 0 aliphatic rings. The molecule has 0 radical (unpaired) electrons. The number of hydrogen-bond donors (Lipinski definition) is 0. The first kappa shape index (κ1) is 15.1. The number of ether oxygens (including phenoxy) is 2. The van der Waals surface area contributed by atoms with Crippen LogP contribution in [-0.2, 0) is 26.3 Å². The highest BCUT2D eigenvalue weighted by Gasteiger charge is 2.28. The van der Waals surface area contributed by atoms with Crippen molar-refractivity contribution in [2.45, 2.75) is 46.1 Å². The Morgan fingerprint density at radius 3 is 2.67 bits per heavy atom. The van der Waals surface area contributed by atoms with Crippen LogP contribution >= 0.6 is 11.3 Å². The predicted molar refractivity (Wildman–Crippen MR) is 71.7 cm³/mol. The molecule has 102 valence electrons. The normalized spacial score (nSPS) is 14.2. The van der Waals surface area contributed by atoms with Gasteiger partial charge in [-0.25, -0.2) is 4.98 Å². The number of esters is 1. The highest BCUT2D eigenvalue weighted by Crippen LogP contribution is 2.31. The van der Waals surface area contributed by atoms with Gasteiger partial charge in [0.2, 0.25) is 0 Å². The molecule has 0 aliphatic carbocycles. The van der Waals surface area contributed by atoms with E-state index in [-0.39, 0.29) is 18.0 Å². The molecule has 0 bridgehead atoms. The van der Waals surface area contributed by atoms with E-state index in [0.29, 0.717) is 13.2 Å². The molecule has 0 fully saturated rings. The lowest BCUT2D eigenvalue weighted by atomic mass is 10.0. The fourth-order valence-electron chi connectivity index (χ4n) is 1.62. The molecule has 18 heavy (non-hydrogen) atoms. The minimum atomic E-state index is -0.355. The van der Waals surface area contributed by atoms with Crippen molar-refractivity contribution in [2.24, 2.45) is 0 Å². The summed E-state index contributed by atoms with van der Waals surface area (Å²) in [5.41, 5.74) is 0.402. The first-order valence-corrected chi connectivity index (χ1v) is 7.18. The Bertz CT molecular complexity index is 391. The van der Waals surface area contributed by atoms with E-state index in [9.17, 15) is 4.79 Å². The average molecular weight is 271 g/mol. The standard InChI is InChI=1S/C13H21NO3S/c1-5-13(4,17-7-3)12-14-10(9-18-12)8-11(15)16-6-2/h9H,5-8H2,1-4H3. The number of hydrogen-bond acceptors (Lipinski definition) is 5. The van der Waals surface area contributed by atoms with Gasteiger partial charge in [0.05, 0.1) is 18.7 Å². The van der Waals surface area contributed by atoms with E-state index in [2.05, 4.69) is 11.9 Å². The van der Waals surface area contributed by atoms with E-state index in [1.807, 2.05) is 19.2 Å². The van der Waals surface area contributed by atoms with Crippen molar-refractivity contribution in [1.29, 1.82) is 0 Å². The third-order valence-corrected chi connectivity index (χ3v) is 3.91. The van der Waals surface area contributed by atoms with Crippen LogP contribution in [0, 0.1) is 0 Å². The molecule has 5 heteroatoms. The molecule has 0 amide bonds. The van der Waals surface area contributed by atoms with Gasteiger partial charge in [-0.15, -0.1) is 11.3 Å². The molecular weight excluding hydrogens is 250 g/mol. The summed E-state index contributed by atoms with van der Waals surface area (Å²) in [4.78, 5) is 15.9. The topological polar surface area (TPSA) is 48.4 Å². The molecule has 0 aliphatic heterocycles. The second kappa shape index (κ2) is 6.85. The van der Waals surface area contributed by atoms with Crippen molar-refractivity contribution >= 4 is 17.3 Å². The van der Waals surface area contributed by atoms with Crippen LogP contribution in [0.5, 0.6) is 0 Å². The van der Waals surface area contributed by atoms with Gasteiger partial charge >= 0.3 is 5.97 Å². The Morgan fingerprint density at radius 2 is 2.11 bits per heavy atom. The smallest absolute Gasteiger partial charge is 0.311 e. The zero-order valence-electron chi connectivity index (χ0n) is 11.5. The van der Waals surface area contributed by atoms with Gasteiger partial charge in [-0.2, -0.15) is 0 Å². The van der Waals surface area contributed by atoms with Crippen LogP contribution in [0.2, 0.25) is 0 Å². The molecule has 1 heterocycles. The average Bonchev–Trinajstić information content (AvgIpc) is 2.78. The number of carbonyl (C=O) groups is 1. The van der Waals surface area contributed by atoms with Crippen LogP contribution in [0.15, 0.2) is 5.38 Å². The number of nitrogens with zero attached hydrogens (tertiary/aromatic N) is 1. The summed E-state index contributed by atoms with van der Waals surface area (Å²) in [6.07, 6.45) is 1.09. The van der Waals surface area contributed by atoms with Crippen LogP contribution < -0.4 is 0 Å². The van der Waals surface area contributed by atoms with Gasteiger partial charge in [-0.1, -0.05) is 6.92 Å². The lowest BCUT2D eigenvalue weighted by molar-refractivity contribution is -0.142. The Kier molecular flexibility index (Phi) is 5.75. The van der Waals surface area contributed by atoms with Crippen molar-refractivity contribution in [2.75, 3.05) is 13.2 Å². The molecule has 1 aromatic heterocycles. The number of thiazole rings is 1. The Balaban J connectivity index is 2.75. The van der Waals surface area contributed by atoms with Crippen molar-refractivity contribution in [3.63, 3.8) is 0 Å². The van der Waals surface area contributed by atoms with E-state index in [0.717, 1.165) is 17.1 Å². The highest BCUT2D eigenvalue weighted by molar-refractivity contribution is 7.09. The maximum Gasteiger partial charge on any atom is 0.311 e. The van der Waals surface area contributed by atoms with Crippen molar-refractivity contribution in [3.05, 3.63) is 16.1 Å². The summed E-state index contributed by atoms with van der Waals surface area (Å²) in [7, 11) is 0. The SMILES string of the molecule is CCOC(=O)Cc1csc(C(C)(CC)OCC)n1. The number of aromatic nitrogens is 1. The first-order chi connectivity index (χ1) is 8.55. The summed E-state index contributed by atoms with van der Waals surface area (Å²) in [5.74, 6) is -0.232. The van der Waals surface area contributed by atoms with Gasteiger partial charge in [0.1, 0.15) is 10.6 Å². The lowest BCUT2D eigenvalue weighted by Gasteiger charge is -2.25. The van der Waals surface area contributed by atoms with Gasteiger partial charge in [0.15, 0.2) is 0 Å². The predicted octanol–water partition coefficient (Wildman–Crippen LogP) is 2.91. The Morgan fingerprint density at radius 1 is 1.39 bits per heavy atom. The number of carbonyl (C=O) groups excluding carboxylic acids is 1. The molecule has 1 atom stereocenters. The van der Waals surface area contributed by atoms with Gasteiger partial charge in [-0.05, 0) is 27.2 Å². The molecule has 0 spiro atoms. The zero-order valence-corrected chi connectivity index (χ0v) is 12.3. The summed E-state index contributed by atoms with van der Waals surface area (Å²) >= 11 is 1.54. The van der Waals surface area contributed by atoms with E-state index in [1.165, 1.54) is 11.3 Å². The summed E-state index contributed by atoms with van der Waals surface area (Å²) in [6, 6.07) is 0. The van der Waals surface area contributed by atoms with Gasteiger partial charge in [0.25, 0.3) is 0 Å². The zero-order chi connectivity index (χ0) is 13.6. The number of rotatable bonds is 7. The van der Waals surface area contributed by atoms with Crippen molar-refractivity contribution in [1.82, 2.24) is 4.98 Å². The van der Waals surface area contributed by atoms with E-state index < -0.39 is 0 Å². The third-order valence-electron chi connectivity index (χ3n) is 2.77. The molecule has 1 aromatic rings. The van der Waals surface area contributed by atoms with Crippen LogP contribution in [0.4, 0.5) is 0 Å². The second-order valence-electron chi connectivity index (χ2n) is 4.14. The molecule has 4 nitrogen and oxygen atoms in total. The van der Waals surface area contributed by atoms with Crippen molar-refractivity contribution in [3.8, 4) is 0 Å². The van der Waals surface area contributed by atoms with Gasteiger partial charge < -0.3 is 9.47 Å². The second-order valence-corrected chi connectivity index (χ2v) is 5.00. The van der Waals surface area contributed by atoms with E-state index in [1.54, 1.807) is 6.92 Å². The minimum Gasteiger partial charge on any atom is -0.466 e. The fraction of sp³-hybridized carbons (Fsp3) is 0.692. The Labute approximate surface area is 112 Å². The van der Waals surface area contributed by atoms with Crippen molar-refractivity contribution < 1.29 is 14.3 Å². The van der Waals surface area contributed by atoms with Gasteiger partial charge in [0, 0.05) is 12.0 Å². The Hall–Kier alpha value is -0.940. The van der Waals surface area contributed by atoms with E-state index >= 15 is 0 Å². The van der Waals surface area contributed by atoms with Gasteiger partial charge in [-0.3, -0.25) is 4.79 Å². The summed E-state index contributed by atoms with van der Waals surface area (Å²) in [5, 5.41) is 2.82. The first-order valence-electron chi connectivity index (χ1n) is 6.30. The molecule has 0 N–H and O–H groups in total. The minimum absolute atomic E-state index is 0.232. The maximum absolute atomic E-state index is 11.4. The third kappa shape index (κ3) is 3.78. The fourth-order valence-corrected chi connectivity index (χ4v) is 2.63. The van der Waals surface area contributed by atoms with Crippen LogP contribution in [-0.4, -0.2) is 24.2 Å².